The van der Waals surface area contributed by atoms with E-state index in [-0.39, 0.29) is 17.0 Å². The minimum absolute atomic E-state index is 0.0635. The van der Waals surface area contributed by atoms with Crippen LogP contribution in [-0.2, 0) is 6.18 Å². The minimum Gasteiger partial charge on any atom is -0.493 e. The average molecular weight is 427 g/mol. The number of rotatable bonds is 6. The summed E-state index contributed by atoms with van der Waals surface area (Å²) < 4.78 is 76.1. The Balaban J connectivity index is 1.93. The van der Waals surface area contributed by atoms with E-state index in [2.05, 4.69) is 15.2 Å². The van der Waals surface area contributed by atoms with E-state index in [4.69, 9.17) is 4.74 Å². The van der Waals surface area contributed by atoms with E-state index in [0.717, 1.165) is 18.2 Å². The Morgan fingerprint density at radius 1 is 1.13 bits per heavy atom. The molecule has 3 aromatic rings. The summed E-state index contributed by atoms with van der Waals surface area (Å²) in [5.41, 5.74) is -1.66. The highest BCUT2D eigenvalue weighted by Gasteiger charge is 2.34. The molecule has 0 saturated heterocycles. The van der Waals surface area contributed by atoms with Crippen LogP contribution in [0, 0.1) is 0 Å². The van der Waals surface area contributed by atoms with Crippen LogP contribution in [0.3, 0.4) is 0 Å². The summed E-state index contributed by atoms with van der Waals surface area (Å²) in [6, 6.07) is 8.16. The molecule has 0 aliphatic carbocycles. The third-order valence-electron chi connectivity index (χ3n) is 3.97. The van der Waals surface area contributed by atoms with Crippen LogP contribution >= 0.6 is 0 Å². The first-order valence-corrected chi connectivity index (χ1v) is 8.34. The quantitative estimate of drug-likeness (QED) is 0.577. The molecule has 0 spiro atoms. The summed E-state index contributed by atoms with van der Waals surface area (Å²) in [5.74, 6) is -1.44. The van der Waals surface area contributed by atoms with Crippen LogP contribution in [0.4, 0.5) is 27.6 Å². The van der Waals surface area contributed by atoms with Gasteiger partial charge in [0.1, 0.15) is 0 Å². The van der Waals surface area contributed by atoms with Gasteiger partial charge in [0, 0.05) is 18.0 Å². The van der Waals surface area contributed by atoms with Crippen molar-refractivity contribution >= 4 is 11.6 Å². The fourth-order valence-corrected chi connectivity index (χ4v) is 2.64. The van der Waals surface area contributed by atoms with Crippen LogP contribution in [0.25, 0.3) is 5.69 Å². The Hall–Kier alpha value is -3.63. The van der Waals surface area contributed by atoms with E-state index >= 15 is 0 Å². The molecule has 0 bridgehead atoms. The lowest BCUT2D eigenvalue weighted by Gasteiger charge is -2.16. The lowest BCUT2D eigenvalue weighted by Crippen LogP contribution is -2.17. The number of anilines is 1. The fourth-order valence-electron chi connectivity index (χ4n) is 2.64. The zero-order chi connectivity index (χ0) is 21.9. The van der Waals surface area contributed by atoms with Gasteiger partial charge in [0.15, 0.2) is 11.5 Å². The predicted molar refractivity (Wildman–Crippen MR) is 96.1 cm³/mol. The number of carbonyl (C=O) groups is 1. The van der Waals surface area contributed by atoms with Crippen molar-refractivity contribution in [2.45, 2.75) is 12.8 Å². The molecular weight excluding hydrogens is 413 g/mol. The largest absolute Gasteiger partial charge is 0.493 e. The van der Waals surface area contributed by atoms with E-state index < -0.39 is 35.7 Å². The summed E-state index contributed by atoms with van der Waals surface area (Å²) in [4.78, 5) is 12.5. The molecule has 0 aliphatic rings. The van der Waals surface area contributed by atoms with E-state index in [1.165, 1.54) is 42.4 Å². The molecule has 1 N–H and O–H groups in total. The Kier molecular flexibility index (Phi) is 5.90. The van der Waals surface area contributed by atoms with Gasteiger partial charge in [-0.05, 0) is 42.5 Å². The second-order valence-electron chi connectivity index (χ2n) is 5.88. The summed E-state index contributed by atoms with van der Waals surface area (Å²) in [6.45, 7) is -3.18. The number of hydrogen-bond acceptors (Lipinski definition) is 4. The van der Waals surface area contributed by atoms with Crippen LogP contribution in [-0.4, -0.2) is 29.4 Å². The lowest BCUT2D eigenvalue weighted by atomic mass is 10.1. The SMILES string of the molecule is COc1ccc(C(=O)Nc2ccc(-n3cccn3)cc2C(F)(F)F)cc1OC(F)F. The van der Waals surface area contributed by atoms with Crippen LogP contribution in [0.15, 0.2) is 54.9 Å². The van der Waals surface area contributed by atoms with Crippen molar-refractivity contribution in [3.05, 3.63) is 66.0 Å². The molecule has 30 heavy (non-hydrogen) atoms. The molecule has 0 unspecified atom stereocenters. The molecule has 2 aromatic carbocycles. The number of nitrogens with one attached hydrogen (secondary N) is 1. The molecule has 6 nitrogen and oxygen atoms in total. The van der Waals surface area contributed by atoms with Gasteiger partial charge in [-0.15, -0.1) is 0 Å². The molecule has 0 fully saturated rings. The summed E-state index contributed by atoms with van der Waals surface area (Å²) >= 11 is 0. The van der Waals surface area contributed by atoms with Crippen molar-refractivity contribution in [1.82, 2.24) is 9.78 Å². The smallest absolute Gasteiger partial charge is 0.418 e. The topological polar surface area (TPSA) is 65.4 Å². The Bertz CT molecular complexity index is 1040. The van der Waals surface area contributed by atoms with Gasteiger partial charge < -0.3 is 14.8 Å². The van der Waals surface area contributed by atoms with Crippen LogP contribution < -0.4 is 14.8 Å². The van der Waals surface area contributed by atoms with E-state index in [9.17, 15) is 26.7 Å². The van der Waals surface area contributed by atoms with Crippen molar-refractivity contribution in [1.29, 1.82) is 0 Å². The molecule has 3 rings (SSSR count). The third-order valence-corrected chi connectivity index (χ3v) is 3.97. The maximum atomic E-state index is 13.5. The van der Waals surface area contributed by atoms with Crippen LogP contribution in [0.5, 0.6) is 11.5 Å². The number of ether oxygens (including phenoxy) is 2. The predicted octanol–water partition coefficient (Wildman–Crippen LogP) is 4.75. The Morgan fingerprint density at radius 2 is 1.90 bits per heavy atom. The molecule has 1 heterocycles. The monoisotopic (exact) mass is 427 g/mol. The first kappa shape index (κ1) is 21.1. The number of halogens is 5. The molecule has 158 valence electrons. The van der Waals surface area contributed by atoms with Gasteiger partial charge in [0.25, 0.3) is 5.91 Å². The van der Waals surface area contributed by atoms with Gasteiger partial charge in [0.2, 0.25) is 0 Å². The number of amides is 1. The number of benzene rings is 2. The summed E-state index contributed by atoms with van der Waals surface area (Å²) in [7, 11) is 1.21. The van der Waals surface area contributed by atoms with Crippen LogP contribution in [0.1, 0.15) is 15.9 Å². The number of nitrogens with zero attached hydrogens (tertiary/aromatic N) is 2. The van der Waals surface area contributed by atoms with Gasteiger partial charge in [-0.3, -0.25) is 4.79 Å². The van der Waals surface area contributed by atoms with Gasteiger partial charge in [-0.25, -0.2) is 4.68 Å². The van der Waals surface area contributed by atoms with Gasteiger partial charge in [-0.2, -0.15) is 27.1 Å². The Labute approximate surface area is 166 Å². The highest BCUT2D eigenvalue weighted by Crippen LogP contribution is 2.37. The normalized spacial score (nSPS) is 11.4. The number of carbonyl (C=O) groups excluding carboxylic acids is 1. The van der Waals surface area contributed by atoms with Crippen molar-refractivity contribution in [3.63, 3.8) is 0 Å². The zero-order valence-corrected chi connectivity index (χ0v) is 15.3. The number of hydrogen-bond donors (Lipinski definition) is 1. The van der Waals surface area contributed by atoms with Gasteiger partial charge >= 0.3 is 12.8 Å². The molecule has 0 atom stereocenters. The molecule has 1 aromatic heterocycles. The van der Waals surface area contributed by atoms with Gasteiger partial charge in [-0.1, -0.05) is 0 Å². The second kappa shape index (κ2) is 8.39. The molecule has 0 aliphatic heterocycles. The maximum Gasteiger partial charge on any atom is 0.418 e. The number of methoxy groups -OCH3 is 1. The van der Waals surface area contributed by atoms with Crippen molar-refractivity contribution in [2.75, 3.05) is 12.4 Å². The molecule has 0 radical (unpaired) electrons. The van der Waals surface area contributed by atoms with Crippen molar-refractivity contribution in [2.24, 2.45) is 0 Å². The molecule has 1 amide bonds. The summed E-state index contributed by atoms with van der Waals surface area (Å²) in [5, 5.41) is 6.02. The maximum absolute atomic E-state index is 13.5. The molecule has 11 heteroatoms. The molecule has 0 saturated carbocycles. The van der Waals surface area contributed by atoms with Crippen molar-refractivity contribution in [3.8, 4) is 17.2 Å². The van der Waals surface area contributed by atoms with Gasteiger partial charge in [0.05, 0.1) is 24.0 Å². The second-order valence-corrected chi connectivity index (χ2v) is 5.88. The summed E-state index contributed by atoms with van der Waals surface area (Å²) in [6.07, 6.45) is -1.89. The average Bonchev–Trinajstić information content (AvgIpc) is 3.21. The van der Waals surface area contributed by atoms with E-state index in [0.29, 0.717) is 0 Å². The third kappa shape index (κ3) is 4.67. The molecular formula is C19H14F5N3O3. The number of aromatic nitrogens is 2. The van der Waals surface area contributed by atoms with Crippen LogP contribution in [0.2, 0.25) is 0 Å². The standard InChI is InChI=1S/C19H14F5N3O3/c1-29-15-6-3-11(9-16(15)30-18(20)21)17(28)26-14-5-4-12(27-8-2-7-25-27)10-13(14)19(22,23)24/h2-10,18H,1H3,(H,26,28). The van der Waals surface area contributed by atoms with E-state index in [1.807, 2.05) is 0 Å². The first-order chi connectivity index (χ1) is 14.2. The highest BCUT2D eigenvalue weighted by atomic mass is 19.4. The van der Waals surface area contributed by atoms with Crippen molar-refractivity contribution < 1.29 is 36.2 Å². The lowest BCUT2D eigenvalue weighted by molar-refractivity contribution is -0.136. The number of alkyl halides is 5. The minimum atomic E-state index is -4.77. The van der Waals surface area contributed by atoms with E-state index in [1.54, 1.807) is 6.07 Å². The highest BCUT2D eigenvalue weighted by molar-refractivity contribution is 6.05. The Morgan fingerprint density at radius 3 is 2.50 bits per heavy atom. The zero-order valence-electron chi connectivity index (χ0n) is 15.3. The first-order valence-electron chi connectivity index (χ1n) is 8.34. The fraction of sp³-hybridized carbons (Fsp3) is 0.158.